The third-order valence-corrected chi connectivity index (χ3v) is 2.83. The van der Waals surface area contributed by atoms with Gasteiger partial charge in [0.15, 0.2) is 5.78 Å². The van der Waals surface area contributed by atoms with Gasteiger partial charge >= 0.3 is 0 Å². The summed E-state index contributed by atoms with van der Waals surface area (Å²) in [7, 11) is 0. The van der Waals surface area contributed by atoms with Gasteiger partial charge in [-0.25, -0.2) is 0 Å². The average Bonchev–Trinajstić information content (AvgIpc) is 2.18. The second-order valence-electron chi connectivity index (χ2n) is 4.00. The van der Waals surface area contributed by atoms with E-state index in [0.29, 0.717) is 6.42 Å². The van der Waals surface area contributed by atoms with Gasteiger partial charge in [0.1, 0.15) is 11.4 Å². The largest absolute Gasteiger partial charge is 0.486 e. The summed E-state index contributed by atoms with van der Waals surface area (Å²) in [5.74, 6) is 0.921. The number of ketones is 1. The van der Waals surface area contributed by atoms with Crippen LogP contribution < -0.4 is 4.74 Å². The summed E-state index contributed by atoms with van der Waals surface area (Å²) in [5.41, 5.74) is 0.407. The van der Waals surface area contributed by atoms with Gasteiger partial charge in [-0.05, 0) is 25.5 Å². The smallest absolute Gasteiger partial charge is 0.170 e. The molecule has 2 rings (SSSR count). The van der Waals surface area contributed by atoms with Crippen LogP contribution in [0.5, 0.6) is 5.75 Å². The van der Waals surface area contributed by atoms with Crippen molar-refractivity contribution >= 4 is 5.78 Å². The van der Waals surface area contributed by atoms with Crippen LogP contribution >= 0.6 is 0 Å². The molecule has 0 saturated heterocycles. The molecule has 14 heavy (non-hydrogen) atoms. The summed E-state index contributed by atoms with van der Waals surface area (Å²) in [6, 6.07) is 7.45. The summed E-state index contributed by atoms with van der Waals surface area (Å²) < 4.78 is 5.82. The Labute approximate surface area is 83.9 Å². The van der Waals surface area contributed by atoms with Crippen molar-refractivity contribution in [2.75, 3.05) is 0 Å². The van der Waals surface area contributed by atoms with Gasteiger partial charge in [-0.1, -0.05) is 19.1 Å². The van der Waals surface area contributed by atoms with E-state index in [1.807, 2.05) is 38.1 Å². The molecular weight excluding hydrogens is 176 g/mol. The fourth-order valence-corrected chi connectivity index (χ4v) is 1.72. The highest BCUT2D eigenvalue weighted by Gasteiger charge is 2.34. The molecule has 0 unspecified atom stereocenters. The highest BCUT2D eigenvalue weighted by molar-refractivity contribution is 6.00. The fraction of sp³-hybridized carbons (Fsp3) is 0.417. The van der Waals surface area contributed by atoms with Crippen molar-refractivity contribution in [2.45, 2.75) is 32.3 Å². The first-order valence-electron chi connectivity index (χ1n) is 4.96. The van der Waals surface area contributed by atoms with E-state index in [2.05, 4.69) is 0 Å². The second-order valence-corrected chi connectivity index (χ2v) is 4.00. The zero-order chi connectivity index (χ0) is 10.2. The van der Waals surface area contributed by atoms with Crippen molar-refractivity contribution in [1.82, 2.24) is 0 Å². The number of rotatable bonds is 1. The minimum Gasteiger partial charge on any atom is -0.486 e. The Hall–Kier alpha value is -1.31. The summed E-state index contributed by atoms with van der Waals surface area (Å²) in [5, 5.41) is 0. The lowest BCUT2D eigenvalue weighted by Gasteiger charge is -2.33. The van der Waals surface area contributed by atoms with Gasteiger partial charge in [-0.2, -0.15) is 0 Å². The van der Waals surface area contributed by atoms with Crippen LogP contribution in [0.15, 0.2) is 24.3 Å². The van der Waals surface area contributed by atoms with E-state index in [0.717, 1.165) is 17.7 Å². The first-order valence-corrected chi connectivity index (χ1v) is 4.96. The summed E-state index contributed by atoms with van der Waals surface area (Å²) in [6.07, 6.45) is 1.34. The van der Waals surface area contributed by atoms with E-state index in [4.69, 9.17) is 4.74 Å². The minimum atomic E-state index is -0.314. The number of benzene rings is 1. The molecular formula is C12H14O2. The van der Waals surface area contributed by atoms with E-state index in [1.165, 1.54) is 0 Å². The maximum absolute atomic E-state index is 11.8. The van der Waals surface area contributed by atoms with Crippen molar-refractivity contribution in [2.24, 2.45) is 0 Å². The van der Waals surface area contributed by atoms with Gasteiger partial charge in [-0.15, -0.1) is 0 Å². The number of para-hydroxylation sites is 1. The molecule has 1 heterocycles. The lowest BCUT2D eigenvalue weighted by Crippen LogP contribution is -2.38. The number of fused-ring (bicyclic) bond motifs is 1. The number of carbonyl (C=O) groups excluding carboxylic acids is 1. The van der Waals surface area contributed by atoms with Gasteiger partial charge in [0.25, 0.3) is 0 Å². The molecule has 2 heteroatoms. The molecule has 0 aromatic heterocycles. The molecule has 1 aliphatic heterocycles. The van der Waals surface area contributed by atoms with E-state index in [9.17, 15) is 4.79 Å². The van der Waals surface area contributed by atoms with Crippen molar-refractivity contribution < 1.29 is 9.53 Å². The van der Waals surface area contributed by atoms with Gasteiger partial charge in [-0.3, -0.25) is 4.79 Å². The lowest BCUT2D eigenvalue weighted by atomic mass is 9.90. The summed E-state index contributed by atoms with van der Waals surface area (Å²) in [6.45, 7) is 4.03. The van der Waals surface area contributed by atoms with Crippen LogP contribution in [-0.2, 0) is 0 Å². The molecule has 0 spiro atoms. The van der Waals surface area contributed by atoms with Gasteiger partial charge in [0.05, 0.1) is 12.0 Å². The van der Waals surface area contributed by atoms with Crippen LogP contribution in [0.1, 0.15) is 37.0 Å². The van der Waals surface area contributed by atoms with E-state index in [1.54, 1.807) is 0 Å². The van der Waals surface area contributed by atoms with Crippen LogP contribution in [-0.4, -0.2) is 11.4 Å². The molecule has 1 aliphatic rings. The third kappa shape index (κ3) is 1.41. The highest BCUT2D eigenvalue weighted by Crippen LogP contribution is 2.34. The first kappa shape index (κ1) is 9.25. The Morgan fingerprint density at radius 1 is 1.43 bits per heavy atom. The molecule has 1 atom stereocenters. The third-order valence-electron chi connectivity index (χ3n) is 2.83. The van der Waals surface area contributed by atoms with Crippen molar-refractivity contribution in [3.8, 4) is 5.75 Å². The molecule has 0 aliphatic carbocycles. The van der Waals surface area contributed by atoms with Crippen molar-refractivity contribution in [3.05, 3.63) is 29.8 Å². The molecule has 2 nitrogen and oxygen atoms in total. The Morgan fingerprint density at radius 3 is 2.86 bits per heavy atom. The zero-order valence-corrected chi connectivity index (χ0v) is 8.54. The molecule has 0 bridgehead atoms. The number of Topliss-reactive ketones (excluding diaryl/α,β-unsaturated/α-hetero) is 1. The molecule has 1 aromatic rings. The minimum absolute atomic E-state index is 0.191. The first-order chi connectivity index (χ1) is 6.64. The SMILES string of the molecule is CC[C@@]1(C)CC(=O)c2ccccc2O1. The lowest BCUT2D eigenvalue weighted by molar-refractivity contribution is 0.0499. The molecule has 0 amide bonds. The second kappa shape index (κ2) is 3.12. The number of ether oxygens (including phenoxy) is 1. The zero-order valence-electron chi connectivity index (χ0n) is 8.54. The number of hydrogen-bond acceptors (Lipinski definition) is 2. The van der Waals surface area contributed by atoms with Crippen molar-refractivity contribution in [1.29, 1.82) is 0 Å². The quantitative estimate of drug-likeness (QED) is 0.680. The topological polar surface area (TPSA) is 26.3 Å². The van der Waals surface area contributed by atoms with E-state index < -0.39 is 0 Å². The maximum atomic E-state index is 11.8. The van der Waals surface area contributed by atoms with Gasteiger partial charge in [0.2, 0.25) is 0 Å². The van der Waals surface area contributed by atoms with Crippen LogP contribution in [0, 0.1) is 0 Å². The number of hydrogen-bond donors (Lipinski definition) is 0. The highest BCUT2D eigenvalue weighted by atomic mass is 16.5. The molecule has 1 aromatic carbocycles. The number of carbonyl (C=O) groups is 1. The van der Waals surface area contributed by atoms with Crippen LogP contribution in [0.2, 0.25) is 0 Å². The maximum Gasteiger partial charge on any atom is 0.170 e. The standard InChI is InChI=1S/C12H14O2/c1-3-12(2)8-10(13)9-6-4-5-7-11(9)14-12/h4-7H,3,8H2,1-2H3/t12-/m0/s1. The summed E-state index contributed by atoms with van der Waals surface area (Å²) in [4.78, 5) is 11.8. The van der Waals surface area contributed by atoms with Gasteiger partial charge < -0.3 is 4.74 Å². The fourth-order valence-electron chi connectivity index (χ4n) is 1.72. The molecule has 74 valence electrons. The normalized spacial score (nSPS) is 25.4. The van der Waals surface area contributed by atoms with E-state index >= 15 is 0 Å². The monoisotopic (exact) mass is 190 g/mol. The Bertz CT molecular complexity index is 370. The van der Waals surface area contributed by atoms with Crippen LogP contribution in [0.4, 0.5) is 0 Å². The van der Waals surface area contributed by atoms with E-state index in [-0.39, 0.29) is 11.4 Å². The predicted molar refractivity (Wildman–Crippen MR) is 54.7 cm³/mol. The van der Waals surface area contributed by atoms with Crippen LogP contribution in [0.25, 0.3) is 0 Å². The molecule has 0 saturated carbocycles. The average molecular weight is 190 g/mol. The molecule has 0 N–H and O–H groups in total. The molecule has 0 fully saturated rings. The molecule has 0 radical (unpaired) electrons. The van der Waals surface area contributed by atoms with Crippen LogP contribution in [0.3, 0.4) is 0 Å². The Balaban J connectivity index is 2.43. The van der Waals surface area contributed by atoms with Gasteiger partial charge in [0, 0.05) is 0 Å². The Morgan fingerprint density at radius 2 is 2.14 bits per heavy atom. The van der Waals surface area contributed by atoms with Crippen molar-refractivity contribution in [3.63, 3.8) is 0 Å². The predicted octanol–water partition coefficient (Wildman–Crippen LogP) is 2.82. The summed E-state index contributed by atoms with van der Waals surface area (Å²) >= 11 is 0. The Kier molecular flexibility index (Phi) is 2.06.